The lowest BCUT2D eigenvalue weighted by molar-refractivity contribution is 0.0953. The zero-order valence-corrected chi connectivity index (χ0v) is 16.0. The summed E-state index contributed by atoms with van der Waals surface area (Å²) >= 11 is 0. The standard InChI is InChI=1S/C21H23FN4O2/c1-13-19-15(12-17(14-8-9-14)24-20(19)26(2)25-13)21(27)23-10-5-11-28-18-7-4-3-6-16(18)22/h3-4,6-7,12,14H,5,8-11H2,1-2H3,(H,23,27). The second-order valence-electron chi connectivity index (χ2n) is 7.16. The second kappa shape index (κ2) is 7.58. The molecule has 2 aromatic heterocycles. The number of benzene rings is 1. The van der Waals surface area contributed by atoms with Crippen LogP contribution in [-0.4, -0.2) is 33.8 Å². The first-order chi connectivity index (χ1) is 13.5. The Balaban J connectivity index is 1.42. The van der Waals surface area contributed by atoms with Gasteiger partial charge in [0.05, 0.1) is 23.3 Å². The van der Waals surface area contributed by atoms with Gasteiger partial charge in [-0.2, -0.15) is 5.10 Å². The monoisotopic (exact) mass is 382 g/mol. The SMILES string of the molecule is Cc1nn(C)c2nc(C3CC3)cc(C(=O)NCCCOc3ccccc3F)c12. The van der Waals surface area contributed by atoms with Crippen molar-refractivity contribution >= 4 is 16.9 Å². The fraction of sp³-hybridized carbons (Fsp3) is 0.381. The van der Waals surface area contributed by atoms with Crippen molar-refractivity contribution in [2.75, 3.05) is 13.2 Å². The molecule has 0 saturated heterocycles. The quantitative estimate of drug-likeness (QED) is 0.635. The zero-order chi connectivity index (χ0) is 19.7. The number of aromatic nitrogens is 3. The lowest BCUT2D eigenvalue weighted by Crippen LogP contribution is -2.26. The van der Waals surface area contributed by atoms with Crippen molar-refractivity contribution in [3.63, 3.8) is 0 Å². The molecule has 0 bridgehead atoms. The third-order valence-electron chi connectivity index (χ3n) is 4.93. The van der Waals surface area contributed by atoms with Crippen molar-refractivity contribution < 1.29 is 13.9 Å². The highest BCUT2D eigenvalue weighted by Gasteiger charge is 2.28. The molecule has 0 radical (unpaired) electrons. The van der Waals surface area contributed by atoms with Crippen LogP contribution in [0, 0.1) is 12.7 Å². The Labute approximate surface area is 162 Å². The summed E-state index contributed by atoms with van der Waals surface area (Å²) in [6.45, 7) is 2.65. The van der Waals surface area contributed by atoms with Gasteiger partial charge in [0, 0.05) is 25.2 Å². The predicted octanol–water partition coefficient (Wildman–Crippen LogP) is 3.49. The molecule has 2 heterocycles. The van der Waals surface area contributed by atoms with Crippen LogP contribution >= 0.6 is 0 Å². The average molecular weight is 382 g/mol. The fourth-order valence-corrected chi connectivity index (χ4v) is 3.34. The van der Waals surface area contributed by atoms with E-state index in [4.69, 9.17) is 9.72 Å². The number of halogens is 1. The number of carbonyl (C=O) groups is 1. The fourth-order valence-electron chi connectivity index (χ4n) is 3.34. The summed E-state index contributed by atoms with van der Waals surface area (Å²) in [4.78, 5) is 17.5. The summed E-state index contributed by atoms with van der Waals surface area (Å²) in [6, 6.07) is 8.20. The predicted molar refractivity (Wildman–Crippen MR) is 104 cm³/mol. The first-order valence-electron chi connectivity index (χ1n) is 9.54. The molecular weight excluding hydrogens is 359 g/mol. The van der Waals surface area contributed by atoms with Gasteiger partial charge in [-0.3, -0.25) is 9.48 Å². The van der Waals surface area contributed by atoms with E-state index in [9.17, 15) is 9.18 Å². The number of carbonyl (C=O) groups excluding carboxylic acids is 1. The summed E-state index contributed by atoms with van der Waals surface area (Å²) in [6.07, 6.45) is 2.81. The van der Waals surface area contributed by atoms with Gasteiger partial charge in [-0.15, -0.1) is 0 Å². The lowest BCUT2D eigenvalue weighted by atomic mass is 10.1. The first kappa shape index (κ1) is 18.4. The number of para-hydroxylation sites is 1. The van der Waals surface area contributed by atoms with Crippen LogP contribution in [0.3, 0.4) is 0 Å². The number of fused-ring (bicyclic) bond motifs is 1. The van der Waals surface area contributed by atoms with Gasteiger partial charge in [-0.05, 0) is 44.4 Å². The summed E-state index contributed by atoms with van der Waals surface area (Å²) in [5.74, 6) is 0.145. The summed E-state index contributed by atoms with van der Waals surface area (Å²) in [7, 11) is 1.85. The van der Waals surface area contributed by atoms with Gasteiger partial charge in [0.1, 0.15) is 0 Å². The highest BCUT2D eigenvalue weighted by Crippen LogP contribution is 2.40. The van der Waals surface area contributed by atoms with E-state index < -0.39 is 0 Å². The molecule has 0 atom stereocenters. The Bertz CT molecular complexity index is 1030. The lowest BCUT2D eigenvalue weighted by Gasteiger charge is -2.10. The van der Waals surface area contributed by atoms with E-state index >= 15 is 0 Å². The second-order valence-corrected chi connectivity index (χ2v) is 7.16. The molecule has 1 saturated carbocycles. The van der Waals surface area contributed by atoms with Gasteiger partial charge >= 0.3 is 0 Å². The molecule has 0 aliphatic heterocycles. The number of pyridine rings is 1. The highest BCUT2D eigenvalue weighted by molar-refractivity contribution is 6.06. The van der Waals surface area contributed by atoms with Crippen LogP contribution in [0.5, 0.6) is 5.75 Å². The van der Waals surface area contributed by atoms with Gasteiger partial charge in [-0.1, -0.05) is 12.1 Å². The maximum Gasteiger partial charge on any atom is 0.252 e. The van der Waals surface area contributed by atoms with Gasteiger partial charge in [0.2, 0.25) is 0 Å². The average Bonchev–Trinajstić information content (AvgIpc) is 3.49. The Morgan fingerprint density at radius 3 is 2.89 bits per heavy atom. The third-order valence-corrected chi connectivity index (χ3v) is 4.93. The van der Waals surface area contributed by atoms with Crippen LogP contribution < -0.4 is 10.1 Å². The van der Waals surface area contributed by atoms with Crippen LogP contribution in [0.2, 0.25) is 0 Å². The molecule has 1 N–H and O–H groups in total. The molecule has 1 aliphatic carbocycles. The van der Waals surface area contributed by atoms with Crippen LogP contribution in [0.1, 0.15) is 46.9 Å². The zero-order valence-electron chi connectivity index (χ0n) is 16.0. The number of ether oxygens (including phenoxy) is 1. The van der Waals surface area contributed by atoms with Crippen LogP contribution in [0.25, 0.3) is 11.0 Å². The van der Waals surface area contributed by atoms with E-state index in [1.807, 2.05) is 20.0 Å². The molecule has 28 heavy (non-hydrogen) atoms. The molecule has 3 aromatic rings. The van der Waals surface area contributed by atoms with Crippen molar-refractivity contribution in [3.8, 4) is 5.75 Å². The number of amides is 1. The Morgan fingerprint density at radius 1 is 1.36 bits per heavy atom. The van der Waals surface area contributed by atoms with E-state index in [-0.39, 0.29) is 17.5 Å². The summed E-state index contributed by atoms with van der Waals surface area (Å²) in [5, 5.41) is 8.16. The van der Waals surface area contributed by atoms with E-state index in [0.717, 1.165) is 35.3 Å². The molecule has 4 rings (SSSR count). The summed E-state index contributed by atoms with van der Waals surface area (Å²) in [5.41, 5.74) is 3.12. The van der Waals surface area contributed by atoms with Crippen LogP contribution in [0.15, 0.2) is 30.3 Å². The molecule has 1 aromatic carbocycles. The Morgan fingerprint density at radius 2 is 2.14 bits per heavy atom. The van der Waals surface area contributed by atoms with Crippen LogP contribution in [0.4, 0.5) is 4.39 Å². The first-order valence-corrected chi connectivity index (χ1v) is 9.54. The minimum atomic E-state index is -0.384. The summed E-state index contributed by atoms with van der Waals surface area (Å²) < 4.78 is 20.7. The third kappa shape index (κ3) is 3.69. The molecule has 0 unspecified atom stereocenters. The van der Waals surface area contributed by atoms with Crippen LogP contribution in [-0.2, 0) is 7.05 Å². The highest BCUT2D eigenvalue weighted by atomic mass is 19.1. The number of hydrogen-bond acceptors (Lipinski definition) is 4. The van der Waals surface area contributed by atoms with Crippen molar-refractivity contribution in [2.24, 2.45) is 7.05 Å². The molecule has 0 spiro atoms. The molecule has 146 valence electrons. The maximum atomic E-state index is 13.5. The minimum absolute atomic E-state index is 0.142. The smallest absolute Gasteiger partial charge is 0.252 e. The number of hydrogen-bond donors (Lipinski definition) is 1. The van der Waals surface area contributed by atoms with E-state index in [0.29, 0.717) is 31.1 Å². The number of aryl methyl sites for hydroxylation is 2. The van der Waals surface area contributed by atoms with E-state index in [1.165, 1.54) is 6.07 Å². The number of nitrogens with zero attached hydrogens (tertiary/aromatic N) is 3. The van der Waals surface area contributed by atoms with Gasteiger partial charge < -0.3 is 10.1 Å². The van der Waals surface area contributed by atoms with E-state index in [1.54, 1.807) is 22.9 Å². The van der Waals surface area contributed by atoms with Gasteiger partial charge in [0.15, 0.2) is 17.2 Å². The van der Waals surface area contributed by atoms with Crippen molar-refractivity contribution in [3.05, 3.63) is 53.1 Å². The molecule has 1 amide bonds. The molecule has 6 nitrogen and oxygen atoms in total. The maximum absolute atomic E-state index is 13.5. The molecular formula is C21H23FN4O2. The largest absolute Gasteiger partial charge is 0.490 e. The molecule has 7 heteroatoms. The topological polar surface area (TPSA) is 69.0 Å². The van der Waals surface area contributed by atoms with Gasteiger partial charge in [0.25, 0.3) is 5.91 Å². The molecule has 1 fully saturated rings. The van der Waals surface area contributed by atoms with Gasteiger partial charge in [-0.25, -0.2) is 9.37 Å². The Kier molecular flexibility index (Phi) is 4.98. The van der Waals surface area contributed by atoms with E-state index in [2.05, 4.69) is 10.4 Å². The van der Waals surface area contributed by atoms with Crippen molar-refractivity contribution in [1.82, 2.24) is 20.1 Å². The molecule has 1 aliphatic rings. The minimum Gasteiger partial charge on any atom is -0.490 e. The number of rotatable bonds is 7. The van der Waals surface area contributed by atoms with Crippen molar-refractivity contribution in [1.29, 1.82) is 0 Å². The Hall–Kier alpha value is -2.96. The normalized spacial score (nSPS) is 13.7. The van der Waals surface area contributed by atoms with Crippen molar-refractivity contribution in [2.45, 2.75) is 32.1 Å². The number of nitrogens with one attached hydrogen (secondary N) is 1.